The third-order valence-corrected chi connectivity index (χ3v) is 7.00. The lowest BCUT2D eigenvalue weighted by Gasteiger charge is -2.33. The van der Waals surface area contributed by atoms with E-state index in [9.17, 15) is 22.0 Å². The Morgan fingerprint density at radius 1 is 1.03 bits per heavy atom. The summed E-state index contributed by atoms with van der Waals surface area (Å²) in [5, 5.41) is 2.89. The molecule has 1 fully saturated rings. The van der Waals surface area contributed by atoms with Crippen molar-refractivity contribution in [1.82, 2.24) is 9.21 Å². The lowest BCUT2D eigenvalue weighted by atomic mass is 10.1. The number of anilines is 1. The minimum absolute atomic E-state index is 0.145. The first-order chi connectivity index (χ1) is 13.7. The zero-order valence-corrected chi connectivity index (χ0v) is 17.1. The van der Waals surface area contributed by atoms with Gasteiger partial charge in [0.1, 0.15) is 0 Å². The summed E-state index contributed by atoms with van der Waals surface area (Å²) in [5.74, 6) is -2.47. The van der Waals surface area contributed by atoms with Gasteiger partial charge in [0.25, 0.3) is 0 Å². The lowest BCUT2D eigenvalue weighted by Crippen LogP contribution is -2.50. The number of amides is 1. The van der Waals surface area contributed by atoms with Crippen molar-refractivity contribution in [2.24, 2.45) is 0 Å². The van der Waals surface area contributed by atoms with Crippen molar-refractivity contribution in [3.8, 4) is 0 Å². The Bertz CT molecular complexity index is 1020. The molecule has 0 atom stereocenters. The van der Waals surface area contributed by atoms with Gasteiger partial charge in [0.15, 0.2) is 11.6 Å². The summed E-state index contributed by atoms with van der Waals surface area (Å²) in [6.07, 6.45) is 0. The molecule has 1 aliphatic heterocycles. The molecule has 1 heterocycles. The summed E-state index contributed by atoms with van der Waals surface area (Å²) >= 11 is 0. The van der Waals surface area contributed by atoms with E-state index in [0.717, 1.165) is 28.9 Å². The van der Waals surface area contributed by atoms with Crippen LogP contribution in [0.2, 0.25) is 0 Å². The molecule has 6 nitrogen and oxygen atoms in total. The number of benzene rings is 2. The number of piperazine rings is 1. The number of carbonyl (C=O) groups excluding carboxylic acids is 1. The monoisotopic (exact) mass is 423 g/mol. The summed E-state index contributed by atoms with van der Waals surface area (Å²) in [6.45, 7) is 5.11. The predicted octanol–water partition coefficient (Wildman–Crippen LogP) is 2.53. The average Bonchev–Trinajstić information content (AvgIpc) is 2.68. The van der Waals surface area contributed by atoms with E-state index in [1.165, 1.54) is 4.31 Å². The normalized spacial score (nSPS) is 16.0. The van der Waals surface area contributed by atoms with Crippen molar-refractivity contribution >= 4 is 21.6 Å². The highest BCUT2D eigenvalue weighted by molar-refractivity contribution is 7.89. The summed E-state index contributed by atoms with van der Waals surface area (Å²) in [4.78, 5) is 13.9. The highest BCUT2D eigenvalue weighted by Crippen LogP contribution is 2.20. The van der Waals surface area contributed by atoms with Crippen LogP contribution in [0.25, 0.3) is 0 Å². The Hall–Kier alpha value is -2.36. The van der Waals surface area contributed by atoms with Crippen LogP contribution >= 0.6 is 0 Å². The molecule has 9 heteroatoms. The molecular formula is C20H23F2N3O3S. The Labute approximate surface area is 169 Å². The van der Waals surface area contributed by atoms with Crippen LogP contribution in [0.3, 0.4) is 0 Å². The van der Waals surface area contributed by atoms with Crippen LogP contribution < -0.4 is 5.32 Å². The molecule has 0 unspecified atom stereocenters. The molecule has 0 aliphatic carbocycles. The maximum atomic E-state index is 13.4. The van der Waals surface area contributed by atoms with E-state index in [1.807, 2.05) is 36.9 Å². The van der Waals surface area contributed by atoms with Crippen molar-refractivity contribution in [1.29, 1.82) is 0 Å². The quantitative estimate of drug-likeness (QED) is 0.803. The molecule has 0 radical (unpaired) electrons. The van der Waals surface area contributed by atoms with Crippen LogP contribution in [0.1, 0.15) is 11.1 Å². The minimum atomic E-state index is -3.91. The predicted molar refractivity (Wildman–Crippen MR) is 106 cm³/mol. The van der Waals surface area contributed by atoms with Crippen molar-refractivity contribution in [2.75, 3.05) is 38.0 Å². The van der Waals surface area contributed by atoms with Crippen LogP contribution in [0, 0.1) is 25.5 Å². The Balaban J connectivity index is 1.58. The first kappa shape index (κ1) is 21.4. The summed E-state index contributed by atoms with van der Waals surface area (Å²) in [6, 6.07) is 8.23. The fourth-order valence-corrected chi connectivity index (χ4v) is 4.63. The molecule has 2 aromatic rings. The van der Waals surface area contributed by atoms with E-state index in [-0.39, 0.29) is 30.4 Å². The van der Waals surface area contributed by atoms with Gasteiger partial charge < -0.3 is 5.32 Å². The molecule has 0 spiro atoms. The second-order valence-electron chi connectivity index (χ2n) is 7.05. The standard InChI is InChI=1S/C20H23F2N3O3S/c1-14-4-3-5-19(15(14)2)23-20(26)13-24-8-10-25(11-9-24)29(27,28)16-6-7-17(21)18(22)12-16/h3-7,12H,8-11,13H2,1-2H3,(H,23,26). The van der Waals surface area contributed by atoms with E-state index in [2.05, 4.69) is 5.32 Å². The molecule has 0 bridgehead atoms. The van der Waals surface area contributed by atoms with Crippen LogP contribution in [0.15, 0.2) is 41.3 Å². The molecule has 3 rings (SSSR count). The first-order valence-corrected chi connectivity index (χ1v) is 10.7. The van der Waals surface area contributed by atoms with Crippen molar-refractivity contribution in [2.45, 2.75) is 18.7 Å². The number of rotatable bonds is 5. The van der Waals surface area contributed by atoms with Gasteiger partial charge in [-0.1, -0.05) is 12.1 Å². The number of carbonyl (C=O) groups is 1. The third kappa shape index (κ3) is 4.80. The van der Waals surface area contributed by atoms with Crippen molar-refractivity contribution in [3.05, 3.63) is 59.2 Å². The number of sulfonamides is 1. The van der Waals surface area contributed by atoms with Gasteiger partial charge in [-0.15, -0.1) is 0 Å². The van der Waals surface area contributed by atoms with Crippen molar-refractivity contribution < 1.29 is 22.0 Å². The average molecular weight is 423 g/mol. The second-order valence-corrected chi connectivity index (χ2v) is 8.99. The molecule has 156 valence electrons. The van der Waals surface area contributed by atoms with Gasteiger partial charge in [0.2, 0.25) is 15.9 Å². The number of hydrogen-bond donors (Lipinski definition) is 1. The maximum absolute atomic E-state index is 13.4. The molecule has 2 aromatic carbocycles. The highest BCUT2D eigenvalue weighted by atomic mass is 32.2. The van der Waals surface area contributed by atoms with Gasteiger partial charge in [-0.3, -0.25) is 9.69 Å². The number of hydrogen-bond acceptors (Lipinski definition) is 4. The second kappa shape index (κ2) is 8.56. The zero-order valence-electron chi connectivity index (χ0n) is 16.3. The van der Waals surface area contributed by atoms with Gasteiger partial charge in [-0.05, 0) is 49.2 Å². The molecule has 1 saturated heterocycles. The molecule has 0 aromatic heterocycles. The minimum Gasteiger partial charge on any atom is -0.325 e. The van der Waals surface area contributed by atoms with Gasteiger partial charge in [0.05, 0.1) is 11.4 Å². The SMILES string of the molecule is Cc1cccc(NC(=O)CN2CCN(S(=O)(=O)c3ccc(F)c(F)c3)CC2)c1C. The van der Waals surface area contributed by atoms with Gasteiger partial charge in [-0.2, -0.15) is 4.31 Å². The van der Waals surface area contributed by atoms with E-state index in [1.54, 1.807) is 0 Å². The van der Waals surface area contributed by atoms with E-state index in [4.69, 9.17) is 0 Å². The largest absolute Gasteiger partial charge is 0.325 e. The van der Waals surface area contributed by atoms with Gasteiger partial charge >= 0.3 is 0 Å². The van der Waals surface area contributed by atoms with E-state index < -0.39 is 21.7 Å². The van der Waals surface area contributed by atoms with Crippen LogP contribution in [-0.2, 0) is 14.8 Å². The summed E-state index contributed by atoms with van der Waals surface area (Å²) in [7, 11) is -3.91. The topological polar surface area (TPSA) is 69.7 Å². The van der Waals surface area contributed by atoms with Crippen LogP contribution in [-0.4, -0.2) is 56.3 Å². The smallest absolute Gasteiger partial charge is 0.243 e. The summed E-state index contributed by atoms with van der Waals surface area (Å²) < 4.78 is 53.0. The van der Waals surface area contributed by atoms with Gasteiger partial charge in [-0.25, -0.2) is 17.2 Å². The first-order valence-electron chi connectivity index (χ1n) is 9.22. The van der Waals surface area contributed by atoms with Crippen LogP contribution in [0.5, 0.6) is 0 Å². The van der Waals surface area contributed by atoms with Crippen LogP contribution in [0.4, 0.5) is 14.5 Å². The maximum Gasteiger partial charge on any atom is 0.243 e. The number of nitrogens with one attached hydrogen (secondary N) is 1. The molecule has 1 aliphatic rings. The zero-order chi connectivity index (χ0) is 21.2. The fraction of sp³-hybridized carbons (Fsp3) is 0.350. The molecular weight excluding hydrogens is 400 g/mol. The third-order valence-electron chi connectivity index (χ3n) is 5.11. The molecule has 29 heavy (non-hydrogen) atoms. The molecule has 0 saturated carbocycles. The lowest BCUT2D eigenvalue weighted by molar-refractivity contribution is -0.117. The Kier molecular flexibility index (Phi) is 6.30. The number of aryl methyl sites for hydroxylation is 1. The Morgan fingerprint density at radius 2 is 1.72 bits per heavy atom. The highest BCUT2D eigenvalue weighted by Gasteiger charge is 2.29. The molecule has 1 N–H and O–H groups in total. The number of halogens is 2. The fourth-order valence-electron chi connectivity index (χ4n) is 3.19. The van der Waals surface area contributed by atoms with E-state index in [0.29, 0.717) is 19.2 Å². The molecule has 1 amide bonds. The number of nitrogens with zero attached hydrogens (tertiary/aromatic N) is 2. The summed E-state index contributed by atoms with van der Waals surface area (Å²) in [5.41, 5.74) is 2.84. The van der Waals surface area contributed by atoms with Gasteiger partial charge in [0, 0.05) is 31.9 Å². The Morgan fingerprint density at radius 3 is 2.38 bits per heavy atom. The van der Waals surface area contributed by atoms with E-state index >= 15 is 0 Å². The van der Waals surface area contributed by atoms with Crippen molar-refractivity contribution in [3.63, 3.8) is 0 Å².